The number of methoxy groups -OCH3 is 1. The molecule has 1 unspecified atom stereocenters. The number of hydrogen-bond donors (Lipinski definition) is 2. The molecule has 0 spiro atoms. The summed E-state index contributed by atoms with van der Waals surface area (Å²) in [7, 11) is -2.53. The first-order valence-corrected chi connectivity index (χ1v) is 9.83. The Hall–Kier alpha value is -2.26. The van der Waals surface area contributed by atoms with E-state index in [0.717, 1.165) is 11.1 Å². The van der Waals surface area contributed by atoms with Crippen LogP contribution in [0.15, 0.2) is 53.4 Å². The van der Waals surface area contributed by atoms with Crippen LogP contribution in [0.4, 0.5) is 0 Å². The minimum absolute atomic E-state index is 0.00411. The maximum absolute atomic E-state index is 12.5. The maximum atomic E-state index is 12.5. The molecule has 27 heavy (non-hydrogen) atoms. The Bertz CT molecular complexity index is 847. The summed E-state index contributed by atoms with van der Waals surface area (Å²) in [5.41, 5.74) is 2.14. The number of sulfonamides is 1. The van der Waals surface area contributed by atoms with Gasteiger partial charge in [-0.25, -0.2) is 17.9 Å². The summed E-state index contributed by atoms with van der Waals surface area (Å²) in [6, 6.07) is 13.0. The van der Waals surface area contributed by atoms with Crippen molar-refractivity contribution in [2.24, 2.45) is 0 Å². The molecule has 1 atom stereocenters. The normalized spacial score (nSPS) is 12.6. The van der Waals surface area contributed by atoms with Crippen LogP contribution in [0.3, 0.4) is 0 Å². The average molecular weight is 393 g/mol. The SMILES string of the molecule is COC(=O)c1ccc(S(=O)(=O)NCC(OCCO)c2ccc(C)cc2)cc1. The third-order valence-electron chi connectivity index (χ3n) is 3.90. The van der Waals surface area contributed by atoms with Crippen LogP contribution >= 0.6 is 0 Å². The van der Waals surface area contributed by atoms with Crippen LogP contribution in [-0.4, -0.2) is 46.4 Å². The van der Waals surface area contributed by atoms with Crippen LogP contribution in [0.5, 0.6) is 0 Å². The summed E-state index contributed by atoms with van der Waals surface area (Å²) < 4.78 is 37.7. The number of aliphatic hydroxyl groups is 1. The van der Waals surface area contributed by atoms with Crippen molar-refractivity contribution >= 4 is 16.0 Å². The molecule has 0 aliphatic rings. The predicted octanol–water partition coefficient (Wildman–Crippen LogP) is 1.81. The fraction of sp³-hybridized carbons (Fsp3) is 0.316. The quantitative estimate of drug-likeness (QED) is 0.630. The van der Waals surface area contributed by atoms with Crippen molar-refractivity contribution in [1.29, 1.82) is 0 Å². The molecule has 0 aliphatic heterocycles. The van der Waals surface area contributed by atoms with Gasteiger partial charge in [0.05, 0.1) is 36.9 Å². The minimum Gasteiger partial charge on any atom is -0.465 e. The van der Waals surface area contributed by atoms with Gasteiger partial charge in [-0.2, -0.15) is 0 Å². The molecule has 2 N–H and O–H groups in total. The zero-order valence-corrected chi connectivity index (χ0v) is 16.0. The molecule has 0 amide bonds. The molecule has 0 bridgehead atoms. The van der Waals surface area contributed by atoms with Crippen molar-refractivity contribution in [1.82, 2.24) is 4.72 Å². The molecule has 0 fully saturated rings. The van der Waals surface area contributed by atoms with Crippen LogP contribution < -0.4 is 4.72 Å². The van der Waals surface area contributed by atoms with Gasteiger partial charge in [0, 0.05) is 6.54 Å². The standard InChI is InChI=1S/C19H23NO6S/c1-14-3-5-15(6-4-14)18(26-12-11-21)13-20-27(23,24)17-9-7-16(8-10-17)19(22)25-2/h3-10,18,20-21H,11-13H2,1-2H3. The van der Waals surface area contributed by atoms with E-state index < -0.39 is 22.1 Å². The Morgan fingerprint density at radius 1 is 1.11 bits per heavy atom. The van der Waals surface area contributed by atoms with Crippen LogP contribution in [0, 0.1) is 6.92 Å². The zero-order valence-electron chi connectivity index (χ0n) is 15.2. The molecule has 0 heterocycles. The largest absolute Gasteiger partial charge is 0.465 e. The van der Waals surface area contributed by atoms with Crippen LogP contribution in [-0.2, 0) is 19.5 Å². The van der Waals surface area contributed by atoms with Gasteiger partial charge in [-0.1, -0.05) is 29.8 Å². The van der Waals surface area contributed by atoms with E-state index in [0.29, 0.717) is 0 Å². The topological polar surface area (TPSA) is 102 Å². The van der Waals surface area contributed by atoms with Crippen LogP contribution in [0.25, 0.3) is 0 Å². The van der Waals surface area contributed by atoms with Gasteiger partial charge < -0.3 is 14.6 Å². The number of nitrogens with one attached hydrogen (secondary N) is 1. The highest BCUT2D eigenvalue weighted by Crippen LogP contribution is 2.19. The average Bonchev–Trinajstić information content (AvgIpc) is 2.68. The lowest BCUT2D eigenvalue weighted by molar-refractivity contribution is 0.0309. The molecule has 0 saturated heterocycles. The number of rotatable bonds is 9. The summed E-state index contributed by atoms with van der Waals surface area (Å²) in [5, 5.41) is 9.00. The lowest BCUT2D eigenvalue weighted by Crippen LogP contribution is -2.30. The Kier molecular flexibility index (Phi) is 7.49. The Balaban J connectivity index is 2.12. The summed E-state index contributed by atoms with van der Waals surface area (Å²) in [6.45, 7) is 1.89. The molecule has 2 rings (SSSR count). The van der Waals surface area contributed by atoms with Gasteiger partial charge in [0.2, 0.25) is 10.0 Å². The van der Waals surface area contributed by atoms with E-state index in [1.165, 1.54) is 31.4 Å². The van der Waals surface area contributed by atoms with Gasteiger partial charge in [0.25, 0.3) is 0 Å². The summed E-state index contributed by atoms with van der Waals surface area (Å²) >= 11 is 0. The number of hydrogen-bond acceptors (Lipinski definition) is 6. The predicted molar refractivity (Wildman–Crippen MR) is 99.9 cm³/mol. The first-order chi connectivity index (χ1) is 12.9. The van der Waals surface area contributed by atoms with E-state index in [1.807, 2.05) is 31.2 Å². The van der Waals surface area contributed by atoms with Crippen molar-refractivity contribution in [3.63, 3.8) is 0 Å². The Morgan fingerprint density at radius 2 is 1.74 bits per heavy atom. The number of benzene rings is 2. The van der Waals surface area contributed by atoms with Crippen molar-refractivity contribution in [3.8, 4) is 0 Å². The minimum atomic E-state index is -3.79. The smallest absolute Gasteiger partial charge is 0.337 e. The van der Waals surface area contributed by atoms with Crippen molar-refractivity contribution in [3.05, 3.63) is 65.2 Å². The molecule has 7 nitrogen and oxygen atoms in total. The molecule has 2 aromatic carbocycles. The molecular weight excluding hydrogens is 370 g/mol. The van der Waals surface area contributed by atoms with Gasteiger partial charge in [-0.05, 0) is 36.8 Å². The van der Waals surface area contributed by atoms with E-state index in [-0.39, 0.29) is 30.2 Å². The molecule has 2 aromatic rings. The number of esters is 1. The molecular formula is C19H23NO6S. The fourth-order valence-corrected chi connectivity index (χ4v) is 3.44. The van der Waals surface area contributed by atoms with Gasteiger partial charge in [0.1, 0.15) is 0 Å². The highest BCUT2D eigenvalue weighted by atomic mass is 32.2. The van der Waals surface area contributed by atoms with E-state index in [9.17, 15) is 13.2 Å². The number of ether oxygens (including phenoxy) is 2. The van der Waals surface area contributed by atoms with Gasteiger partial charge >= 0.3 is 5.97 Å². The monoisotopic (exact) mass is 393 g/mol. The summed E-state index contributed by atoms with van der Waals surface area (Å²) in [4.78, 5) is 11.5. The number of aliphatic hydroxyl groups excluding tert-OH is 1. The van der Waals surface area contributed by atoms with Gasteiger partial charge in [0.15, 0.2) is 0 Å². The number of carbonyl (C=O) groups excluding carboxylic acids is 1. The third-order valence-corrected chi connectivity index (χ3v) is 5.34. The summed E-state index contributed by atoms with van der Waals surface area (Å²) in [6.07, 6.45) is -0.540. The Labute approximate surface area is 159 Å². The highest BCUT2D eigenvalue weighted by molar-refractivity contribution is 7.89. The molecule has 146 valence electrons. The van der Waals surface area contributed by atoms with Crippen LogP contribution in [0.1, 0.15) is 27.6 Å². The second kappa shape index (κ2) is 9.61. The number of carbonyl (C=O) groups is 1. The molecule has 0 radical (unpaired) electrons. The second-order valence-corrected chi connectivity index (χ2v) is 7.63. The van der Waals surface area contributed by atoms with Gasteiger partial charge in [-0.15, -0.1) is 0 Å². The lowest BCUT2D eigenvalue weighted by Gasteiger charge is -2.19. The van der Waals surface area contributed by atoms with Crippen LogP contribution in [0.2, 0.25) is 0 Å². The zero-order chi connectivity index (χ0) is 19.9. The molecule has 0 aliphatic carbocycles. The fourth-order valence-electron chi connectivity index (χ4n) is 2.41. The van der Waals surface area contributed by atoms with E-state index in [1.54, 1.807) is 0 Å². The Morgan fingerprint density at radius 3 is 2.30 bits per heavy atom. The number of aryl methyl sites for hydroxylation is 1. The first kappa shape index (κ1) is 21.0. The first-order valence-electron chi connectivity index (χ1n) is 8.34. The summed E-state index contributed by atoms with van der Waals surface area (Å²) in [5.74, 6) is -0.538. The molecule has 0 aromatic heterocycles. The van der Waals surface area contributed by atoms with Crippen molar-refractivity contribution < 1.29 is 27.8 Å². The van der Waals surface area contributed by atoms with E-state index >= 15 is 0 Å². The molecule has 0 saturated carbocycles. The van der Waals surface area contributed by atoms with Crippen molar-refractivity contribution in [2.75, 3.05) is 26.9 Å². The third kappa shape index (κ3) is 5.86. The second-order valence-electron chi connectivity index (χ2n) is 5.86. The van der Waals surface area contributed by atoms with Gasteiger partial charge in [-0.3, -0.25) is 0 Å². The maximum Gasteiger partial charge on any atom is 0.337 e. The molecule has 8 heteroatoms. The van der Waals surface area contributed by atoms with Crippen molar-refractivity contribution in [2.45, 2.75) is 17.9 Å². The lowest BCUT2D eigenvalue weighted by atomic mass is 10.1. The van der Waals surface area contributed by atoms with E-state index in [2.05, 4.69) is 9.46 Å². The van der Waals surface area contributed by atoms with E-state index in [4.69, 9.17) is 9.84 Å². The highest BCUT2D eigenvalue weighted by Gasteiger charge is 2.19.